The Morgan fingerprint density at radius 1 is 1.53 bits per heavy atom. The minimum Gasteiger partial charge on any atom is -0.481 e. The second-order valence-corrected chi connectivity index (χ2v) is 5.85. The number of nitrogens with zero attached hydrogens (tertiary/aromatic N) is 1. The monoisotopic (exact) mass is 296 g/mol. The van der Waals surface area contributed by atoms with E-state index in [1.54, 1.807) is 6.92 Å². The van der Waals surface area contributed by atoms with E-state index < -0.39 is 28.1 Å². The summed E-state index contributed by atoms with van der Waals surface area (Å²) >= 11 is 0. The van der Waals surface area contributed by atoms with Crippen molar-refractivity contribution in [1.82, 2.24) is 9.03 Å². The number of hydrogen-bond acceptors (Lipinski definition) is 5. The number of ether oxygens (including phenoxy) is 2. The smallest absolute Gasteiger partial charge is 0.310 e. The molecule has 1 aliphatic heterocycles. The third-order valence-electron chi connectivity index (χ3n) is 2.95. The van der Waals surface area contributed by atoms with E-state index in [-0.39, 0.29) is 32.9 Å². The lowest BCUT2D eigenvalue weighted by molar-refractivity contribution is -0.142. The molecule has 0 aliphatic carbocycles. The van der Waals surface area contributed by atoms with Crippen molar-refractivity contribution < 1.29 is 27.8 Å². The molecule has 0 saturated carbocycles. The van der Waals surface area contributed by atoms with Crippen molar-refractivity contribution in [3.63, 3.8) is 0 Å². The van der Waals surface area contributed by atoms with Crippen LogP contribution in [0.2, 0.25) is 0 Å². The first kappa shape index (κ1) is 16.3. The van der Waals surface area contributed by atoms with Gasteiger partial charge in [0.05, 0.1) is 31.8 Å². The number of carbonyl (C=O) groups is 1. The zero-order chi connectivity index (χ0) is 14.5. The lowest BCUT2D eigenvalue weighted by Gasteiger charge is -2.28. The zero-order valence-electron chi connectivity index (χ0n) is 11.0. The van der Waals surface area contributed by atoms with Gasteiger partial charge in [0.1, 0.15) is 0 Å². The highest BCUT2D eigenvalue weighted by Crippen LogP contribution is 2.21. The molecule has 0 aromatic rings. The Labute approximate surface area is 112 Å². The van der Waals surface area contributed by atoms with Gasteiger partial charge in [0, 0.05) is 20.2 Å². The first-order valence-corrected chi connectivity index (χ1v) is 7.44. The Bertz CT molecular complexity index is 399. The van der Waals surface area contributed by atoms with Crippen LogP contribution in [0.5, 0.6) is 0 Å². The molecular weight excluding hydrogens is 276 g/mol. The molecule has 0 aromatic carbocycles. The third-order valence-corrected chi connectivity index (χ3v) is 4.66. The van der Waals surface area contributed by atoms with E-state index in [4.69, 9.17) is 14.6 Å². The van der Waals surface area contributed by atoms with Crippen LogP contribution in [0.1, 0.15) is 6.92 Å². The van der Waals surface area contributed by atoms with Crippen LogP contribution in [-0.2, 0) is 24.5 Å². The lowest BCUT2D eigenvalue weighted by Crippen LogP contribution is -2.51. The summed E-state index contributed by atoms with van der Waals surface area (Å²) in [4.78, 5) is 11.1. The Morgan fingerprint density at radius 2 is 2.21 bits per heavy atom. The largest absolute Gasteiger partial charge is 0.481 e. The average Bonchev–Trinajstić information content (AvgIpc) is 2.78. The molecule has 1 aliphatic rings. The first-order chi connectivity index (χ1) is 8.94. The van der Waals surface area contributed by atoms with Gasteiger partial charge >= 0.3 is 5.97 Å². The highest BCUT2D eigenvalue weighted by molar-refractivity contribution is 7.87. The summed E-state index contributed by atoms with van der Waals surface area (Å²) < 4.78 is 37.6. The minimum atomic E-state index is -3.73. The third kappa shape index (κ3) is 4.11. The molecule has 1 heterocycles. The van der Waals surface area contributed by atoms with Gasteiger partial charge in [-0.2, -0.15) is 17.4 Å². The van der Waals surface area contributed by atoms with E-state index >= 15 is 0 Å². The number of nitrogens with one attached hydrogen (secondary N) is 1. The number of rotatable bonds is 8. The molecule has 9 heteroatoms. The van der Waals surface area contributed by atoms with Crippen molar-refractivity contribution >= 4 is 16.2 Å². The van der Waals surface area contributed by atoms with Crippen LogP contribution in [0.3, 0.4) is 0 Å². The van der Waals surface area contributed by atoms with Gasteiger partial charge in [0.2, 0.25) is 0 Å². The molecule has 0 spiro atoms. The Kier molecular flexibility index (Phi) is 6.14. The molecule has 8 nitrogen and oxygen atoms in total. The predicted molar refractivity (Wildman–Crippen MR) is 66.9 cm³/mol. The minimum absolute atomic E-state index is 0.0318. The summed E-state index contributed by atoms with van der Waals surface area (Å²) in [6.07, 6.45) is 0. The maximum Gasteiger partial charge on any atom is 0.310 e. The van der Waals surface area contributed by atoms with Crippen molar-refractivity contribution in [3.05, 3.63) is 0 Å². The fourth-order valence-electron chi connectivity index (χ4n) is 2.00. The number of methoxy groups -OCH3 is 1. The van der Waals surface area contributed by atoms with Crippen LogP contribution in [0.4, 0.5) is 0 Å². The summed E-state index contributed by atoms with van der Waals surface area (Å²) in [7, 11) is -2.27. The van der Waals surface area contributed by atoms with Crippen LogP contribution >= 0.6 is 0 Å². The zero-order valence-corrected chi connectivity index (χ0v) is 11.9. The second-order valence-electron chi connectivity index (χ2n) is 4.15. The molecule has 19 heavy (non-hydrogen) atoms. The molecule has 1 rings (SSSR count). The molecule has 2 N–H and O–H groups in total. The molecule has 2 unspecified atom stereocenters. The molecule has 0 aromatic heterocycles. The molecular formula is C10H20N2O6S. The SMILES string of the molecule is CCN(C1COCC1C(=O)O)S(=O)(=O)NCCOC. The van der Waals surface area contributed by atoms with Crippen molar-refractivity contribution in [3.8, 4) is 0 Å². The van der Waals surface area contributed by atoms with Crippen molar-refractivity contribution in [2.24, 2.45) is 5.92 Å². The van der Waals surface area contributed by atoms with Gasteiger partial charge < -0.3 is 14.6 Å². The van der Waals surface area contributed by atoms with Gasteiger partial charge in [-0.25, -0.2) is 0 Å². The Morgan fingerprint density at radius 3 is 2.74 bits per heavy atom. The molecule has 0 bridgehead atoms. The van der Waals surface area contributed by atoms with Gasteiger partial charge in [-0.05, 0) is 0 Å². The number of aliphatic carboxylic acids is 1. The summed E-state index contributed by atoms with van der Waals surface area (Å²) in [5, 5.41) is 9.07. The fraction of sp³-hybridized carbons (Fsp3) is 0.900. The summed E-state index contributed by atoms with van der Waals surface area (Å²) in [5.41, 5.74) is 0. The highest BCUT2D eigenvalue weighted by atomic mass is 32.2. The number of carboxylic acids is 1. The van der Waals surface area contributed by atoms with E-state index in [0.29, 0.717) is 0 Å². The summed E-state index contributed by atoms with van der Waals surface area (Å²) in [5.74, 6) is -1.88. The standard InChI is InChI=1S/C10H20N2O6S/c1-3-12(19(15,16)11-4-5-17-2)9-7-18-6-8(9)10(13)14/h8-9,11H,3-7H2,1-2H3,(H,13,14). The van der Waals surface area contributed by atoms with Gasteiger partial charge in [-0.15, -0.1) is 0 Å². The average molecular weight is 296 g/mol. The van der Waals surface area contributed by atoms with Gasteiger partial charge in [0.15, 0.2) is 0 Å². The molecule has 2 atom stereocenters. The quantitative estimate of drug-likeness (QED) is 0.550. The van der Waals surface area contributed by atoms with E-state index in [1.807, 2.05) is 0 Å². The normalized spacial score (nSPS) is 23.9. The van der Waals surface area contributed by atoms with Crippen LogP contribution in [-0.4, -0.2) is 69.9 Å². The van der Waals surface area contributed by atoms with Crippen molar-refractivity contribution in [1.29, 1.82) is 0 Å². The fourth-order valence-corrected chi connectivity index (χ4v) is 3.41. The first-order valence-electron chi connectivity index (χ1n) is 6.00. The number of carboxylic acid groups (broad SMARTS) is 1. The Balaban J connectivity index is 2.78. The van der Waals surface area contributed by atoms with E-state index in [1.165, 1.54) is 7.11 Å². The molecule has 0 amide bonds. The van der Waals surface area contributed by atoms with Gasteiger partial charge in [-0.3, -0.25) is 4.79 Å². The highest BCUT2D eigenvalue weighted by Gasteiger charge is 2.41. The Hall–Kier alpha value is -0.740. The molecule has 0 radical (unpaired) electrons. The predicted octanol–water partition coefficient (Wildman–Crippen LogP) is -1.11. The van der Waals surface area contributed by atoms with E-state index in [2.05, 4.69) is 4.72 Å². The summed E-state index contributed by atoms with van der Waals surface area (Å²) in [6, 6.07) is -0.678. The number of likely N-dealkylation sites (N-methyl/N-ethyl adjacent to an activating group) is 1. The molecule has 1 saturated heterocycles. The molecule has 112 valence electrons. The maximum atomic E-state index is 12.1. The van der Waals surface area contributed by atoms with Crippen molar-refractivity contribution in [2.45, 2.75) is 13.0 Å². The maximum absolute atomic E-state index is 12.1. The van der Waals surface area contributed by atoms with Gasteiger partial charge in [-0.1, -0.05) is 6.92 Å². The summed E-state index contributed by atoms with van der Waals surface area (Å²) in [6.45, 7) is 2.36. The lowest BCUT2D eigenvalue weighted by atomic mass is 10.0. The van der Waals surface area contributed by atoms with Crippen LogP contribution in [0.15, 0.2) is 0 Å². The number of hydrogen-bond donors (Lipinski definition) is 2. The molecule has 1 fully saturated rings. The second kappa shape index (κ2) is 7.15. The van der Waals surface area contributed by atoms with E-state index in [9.17, 15) is 13.2 Å². The topological polar surface area (TPSA) is 105 Å². The van der Waals surface area contributed by atoms with E-state index in [0.717, 1.165) is 4.31 Å². The van der Waals surface area contributed by atoms with Crippen LogP contribution < -0.4 is 4.72 Å². The van der Waals surface area contributed by atoms with Crippen molar-refractivity contribution in [2.75, 3.05) is 40.0 Å². The van der Waals surface area contributed by atoms with Gasteiger partial charge in [0.25, 0.3) is 10.2 Å². The van der Waals surface area contributed by atoms with Crippen LogP contribution in [0.25, 0.3) is 0 Å². The van der Waals surface area contributed by atoms with Crippen LogP contribution in [0, 0.1) is 5.92 Å².